The molecule has 3 aromatic heterocycles. The third kappa shape index (κ3) is 4.00. The Morgan fingerprint density at radius 1 is 1.29 bits per heavy atom. The lowest BCUT2D eigenvalue weighted by Crippen LogP contribution is -2.35. The van der Waals surface area contributed by atoms with E-state index >= 15 is 0 Å². The maximum Gasteiger partial charge on any atom is 0.407 e. The number of carbonyl (C=O) groups is 1. The molecule has 8 nitrogen and oxygen atoms in total. The SMILES string of the molecule is CC(C)NC(=O)OC1CCc2c(sc3ncnc(Nc4ccc5[nH]c(=O)sc5c4)c23)C1. The van der Waals surface area contributed by atoms with Crippen molar-refractivity contribution in [1.29, 1.82) is 0 Å². The van der Waals surface area contributed by atoms with E-state index in [9.17, 15) is 9.59 Å². The Bertz CT molecular complexity index is 1340. The van der Waals surface area contributed by atoms with Gasteiger partial charge in [0.25, 0.3) is 0 Å². The van der Waals surface area contributed by atoms with E-state index in [1.165, 1.54) is 21.8 Å². The molecule has 3 N–H and O–H groups in total. The predicted octanol–water partition coefficient (Wildman–Crippen LogP) is 4.33. The lowest BCUT2D eigenvalue weighted by atomic mass is 9.94. The van der Waals surface area contributed by atoms with Crippen LogP contribution in [0, 0.1) is 0 Å². The third-order valence-electron chi connectivity index (χ3n) is 5.16. The molecule has 0 saturated heterocycles. The van der Waals surface area contributed by atoms with E-state index in [1.54, 1.807) is 17.7 Å². The highest BCUT2D eigenvalue weighted by molar-refractivity contribution is 7.19. The Hall–Kier alpha value is -2.98. The monoisotopic (exact) mass is 455 g/mol. The zero-order chi connectivity index (χ0) is 21.5. The van der Waals surface area contributed by atoms with Gasteiger partial charge in [-0.2, -0.15) is 0 Å². The average molecular weight is 456 g/mol. The number of anilines is 2. The summed E-state index contributed by atoms with van der Waals surface area (Å²) in [5, 5.41) is 7.20. The van der Waals surface area contributed by atoms with Crippen molar-refractivity contribution < 1.29 is 9.53 Å². The number of aromatic nitrogens is 3. The van der Waals surface area contributed by atoms with Gasteiger partial charge in [-0.1, -0.05) is 11.3 Å². The number of rotatable bonds is 4. The minimum atomic E-state index is -0.367. The molecular formula is C21H21N5O3S2. The first-order valence-corrected chi connectivity index (χ1v) is 11.7. The second-order valence-corrected chi connectivity index (χ2v) is 9.92. The number of ether oxygens (including phenoxy) is 1. The van der Waals surface area contributed by atoms with Crippen LogP contribution in [0.2, 0.25) is 0 Å². The summed E-state index contributed by atoms with van der Waals surface area (Å²) in [6, 6.07) is 5.81. The number of amides is 1. The number of carbonyl (C=O) groups excluding carboxylic acids is 1. The normalized spacial score (nSPS) is 15.9. The Labute approximate surface area is 185 Å². The van der Waals surface area contributed by atoms with E-state index in [-0.39, 0.29) is 23.1 Å². The Kier molecular flexibility index (Phi) is 5.11. The minimum absolute atomic E-state index is 0.0476. The number of fused-ring (bicyclic) bond motifs is 4. The average Bonchev–Trinajstić information content (AvgIpc) is 3.26. The number of nitrogens with one attached hydrogen (secondary N) is 3. The summed E-state index contributed by atoms with van der Waals surface area (Å²) in [6.45, 7) is 3.82. The van der Waals surface area contributed by atoms with Gasteiger partial charge in [0.05, 0.1) is 15.6 Å². The van der Waals surface area contributed by atoms with Crippen LogP contribution in [0.4, 0.5) is 16.3 Å². The van der Waals surface area contributed by atoms with Crippen molar-refractivity contribution in [3.8, 4) is 0 Å². The van der Waals surface area contributed by atoms with Gasteiger partial charge in [-0.3, -0.25) is 4.79 Å². The van der Waals surface area contributed by atoms with Gasteiger partial charge in [-0.25, -0.2) is 14.8 Å². The molecule has 5 rings (SSSR count). The fraction of sp³-hybridized carbons (Fsp3) is 0.333. The maximum atomic E-state index is 12.0. The van der Waals surface area contributed by atoms with Gasteiger partial charge in [0.2, 0.25) is 0 Å². The highest BCUT2D eigenvalue weighted by atomic mass is 32.1. The zero-order valence-corrected chi connectivity index (χ0v) is 18.7. The second kappa shape index (κ2) is 7.93. The van der Waals surface area contributed by atoms with Crippen LogP contribution in [0.1, 0.15) is 30.7 Å². The first-order chi connectivity index (χ1) is 15.0. The summed E-state index contributed by atoms with van der Waals surface area (Å²) in [4.78, 5) is 37.4. The molecule has 1 aliphatic carbocycles. The minimum Gasteiger partial charge on any atom is -0.446 e. The van der Waals surface area contributed by atoms with Gasteiger partial charge < -0.3 is 20.4 Å². The van der Waals surface area contributed by atoms with Crippen LogP contribution in [-0.4, -0.2) is 33.2 Å². The molecule has 3 heterocycles. The van der Waals surface area contributed by atoms with Gasteiger partial charge in [0.15, 0.2) is 0 Å². The molecule has 160 valence electrons. The molecule has 1 atom stereocenters. The van der Waals surface area contributed by atoms with Crippen LogP contribution in [0.25, 0.3) is 20.4 Å². The van der Waals surface area contributed by atoms with E-state index in [2.05, 4.69) is 25.6 Å². The van der Waals surface area contributed by atoms with E-state index in [4.69, 9.17) is 4.74 Å². The fourth-order valence-corrected chi connectivity index (χ4v) is 5.88. The highest BCUT2D eigenvalue weighted by Crippen LogP contribution is 2.39. The van der Waals surface area contributed by atoms with Crippen LogP contribution in [-0.2, 0) is 17.6 Å². The van der Waals surface area contributed by atoms with Crippen molar-refractivity contribution in [1.82, 2.24) is 20.3 Å². The number of benzene rings is 1. The smallest absolute Gasteiger partial charge is 0.407 e. The van der Waals surface area contributed by atoms with E-state index in [0.717, 1.165) is 44.8 Å². The molecule has 10 heteroatoms. The number of thiophene rings is 1. The number of hydrogen-bond donors (Lipinski definition) is 3. The van der Waals surface area contributed by atoms with Crippen molar-refractivity contribution in [3.63, 3.8) is 0 Å². The topological polar surface area (TPSA) is 109 Å². The lowest BCUT2D eigenvalue weighted by molar-refractivity contribution is 0.0885. The van der Waals surface area contributed by atoms with Gasteiger partial charge in [-0.15, -0.1) is 11.3 Å². The number of aryl methyl sites for hydroxylation is 1. The fourth-order valence-electron chi connectivity index (χ4n) is 3.86. The van der Waals surface area contributed by atoms with Gasteiger partial charge >= 0.3 is 11.0 Å². The zero-order valence-electron chi connectivity index (χ0n) is 17.0. The van der Waals surface area contributed by atoms with Crippen LogP contribution in [0.5, 0.6) is 0 Å². The number of aromatic amines is 1. The number of alkyl carbamates (subject to hydrolysis) is 1. The quantitative estimate of drug-likeness (QED) is 0.423. The van der Waals surface area contributed by atoms with Crippen molar-refractivity contribution in [3.05, 3.63) is 44.6 Å². The number of H-pyrrole nitrogens is 1. The van der Waals surface area contributed by atoms with Crippen LogP contribution in [0.3, 0.4) is 0 Å². The van der Waals surface area contributed by atoms with Crippen LogP contribution in [0.15, 0.2) is 29.3 Å². The first kappa shape index (κ1) is 20.0. The summed E-state index contributed by atoms with van der Waals surface area (Å²) in [5.41, 5.74) is 2.92. The Balaban J connectivity index is 1.42. The van der Waals surface area contributed by atoms with Crippen molar-refractivity contribution >= 4 is 60.7 Å². The maximum absolute atomic E-state index is 12.0. The summed E-state index contributed by atoms with van der Waals surface area (Å²) >= 11 is 2.81. The number of nitrogens with zero attached hydrogens (tertiary/aromatic N) is 2. The van der Waals surface area contributed by atoms with Crippen molar-refractivity contribution in [2.45, 2.75) is 45.3 Å². The van der Waals surface area contributed by atoms with E-state index < -0.39 is 0 Å². The van der Waals surface area contributed by atoms with E-state index in [0.29, 0.717) is 6.42 Å². The molecule has 0 bridgehead atoms. The van der Waals surface area contributed by atoms with Crippen LogP contribution >= 0.6 is 22.7 Å². The summed E-state index contributed by atoms with van der Waals surface area (Å²) in [7, 11) is 0. The first-order valence-electron chi connectivity index (χ1n) is 10.1. The summed E-state index contributed by atoms with van der Waals surface area (Å²) < 4.78 is 6.50. The molecule has 1 unspecified atom stereocenters. The Morgan fingerprint density at radius 3 is 3.00 bits per heavy atom. The largest absolute Gasteiger partial charge is 0.446 e. The van der Waals surface area contributed by atoms with Gasteiger partial charge in [0, 0.05) is 23.0 Å². The molecule has 1 aromatic carbocycles. The molecule has 1 amide bonds. The lowest BCUT2D eigenvalue weighted by Gasteiger charge is -2.23. The number of hydrogen-bond acceptors (Lipinski definition) is 8. The molecule has 0 aliphatic heterocycles. The molecule has 1 aliphatic rings. The number of thiazole rings is 1. The summed E-state index contributed by atoms with van der Waals surface area (Å²) in [5.74, 6) is 0.752. The van der Waals surface area contributed by atoms with Crippen molar-refractivity contribution in [2.24, 2.45) is 0 Å². The van der Waals surface area contributed by atoms with Crippen LogP contribution < -0.4 is 15.5 Å². The molecular weight excluding hydrogens is 434 g/mol. The third-order valence-corrected chi connectivity index (χ3v) is 7.17. The molecule has 0 radical (unpaired) electrons. The molecule has 31 heavy (non-hydrogen) atoms. The molecule has 0 saturated carbocycles. The van der Waals surface area contributed by atoms with Gasteiger partial charge in [-0.05, 0) is 50.5 Å². The summed E-state index contributed by atoms with van der Waals surface area (Å²) in [6.07, 6.45) is 3.31. The Morgan fingerprint density at radius 2 is 2.16 bits per heavy atom. The molecule has 0 fully saturated rings. The highest BCUT2D eigenvalue weighted by Gasteiger charge is 2.27. The molecule has 4 aromatic rings. The predicted molar refractivity (Wildman–Crippen MR) is 124 cm³/mol. The molecule has 0 spiro atoms. The standard InChI is InChI=1S/C21H21N5O3S2/c1-10(2)24-20(27)29-12-4-5-13-15(8-12)30-19-17(13)18(22-9-23-19)25-11-3-6-14-16(7-11)31-21(28)26-14/h3,6-7,9-10,12H,4-5,8H2,1-2H3,(H,24,27)(H,26,28)(H,22,23,25). The second-order valence-electron chi connectivity index (χ2n) is 7.83. The van der Waals surface area contributed by atoms with Crippen molar-refractivity contribution in [2.75, 3.05) is 5.32 Å². The van der Waals surface area contributed by atoms with Gasteiger partial charge in [0.1, 0.15) is 23.1 Å². The van der Waals surface area contributed by atoms with E-state index in [1.807, 2.05) is 32.0 Å².